The predicted octanol–water partition coefficient (Wildman–Crippen LogP) is 0.582. The molecule has 5 nitrogen and oxygen atoms in total. The van der Waals surface area contributed by atoms with Gasteiger partial charge in [-0.3, -0.25) is 0 Å². The maximum atomic E-state index is 5.63. The van der Waals surface area contributed by atoms with Crippen LogP contribution in [-0.4, -0.2) is 42.0 Å². The molecule has 0 aliphatic heterocycles. The molecule has 1 aromatic heterocycles. The molecule has 1 unspecified atom stereocenters. The summed E-state index contributed by atoms with van der Waals surface area (Å²) in [5.74, 6) is 0.680. The normalized spacial score (nSPS) is 12.2. The Hall–Kier alpha value is -1.27. The van der Waals surface area contributed by atoms with Crippen LogP contribution in [0.5, 0.6) is 0 Å². The molecule has 16 heavy (non-hydrogen) atoms. The molecule has 88 valence electrons. The van der Waals surface area contributed by atoms with E-state index in [2.05, 4.69) is 10.2 Å². The fourth-order valence-electron chi connectivity index (χ4n) is 1.34. The van der Waals surface area contributed by atoms with Crippen molar-refractivity contribution in [3.05, 3.63) is 17.8 Å². The Labute approximate surface area is 101 Å². The summed E-state index contributed by atoms with van der Waals surface area (Å²) in [6.07, 6.45) is 1.58. The number of nitrogens with two attached hydrogens (primary N) is 1. The average molecular weight is 240 g/mol. The Morgan fingerprint density at radius 2 is 2.38 bits per heavy atom. The molecule has 1 heterocycles. The van der Waals surface area contributed by atoms with Crippen LogP contribution in [0.1, 0.15) is 12.5 Å². The molecule has 0 saturated carbocycles. The first-order valence-electron chi connectivity index (χ1n) is 4.91. The van der Waals surface area contributed by atoms with Gasteiger partial charge < -0.3 is 15.4 Å². The zero-order valence-corrected chi connectivity index (χ0v) is 10.5. The van der Waals surface area contributed by atoms with Crippen LogP contribution < -0.4 is 10.6 Å². The minimum absolute atomic E-state index is 0.176. The second-order valence-corrected chi connectivity index (χ2v) is 3.99. The lowest BCUT2D eigenvalue weighted by atomic mass is 10.2. The maximum absolute atomic E-state index is 5.63. The van der Waals surface area contributed by atoms with E-state index in [4.69, 9.17) is 22.7 Å². The third-order valence-electron chi connectivity index (χ3n) is 2.37. The monoisotopic (exact) mass is 240 g/mol. The summed E-state index contributed by atoms with van der Waals surface area (Å²) in [7, 11) is 3.57. The van der Waals surface area contributed by atoms with Crippen molar-refractivity contribution in [3.8, 4) is 0 Å². The molecule has 0 aliphatic carbocycles. The van der Waals surface area contributed by atoms with Crippen LogP contribution in [-0.2, 0) is 4.74 Å². The van der Waals surface area contributed by atoms with Crippen molar-refractivity contribution in [1.82, 2.24) is 10.2 Å². The Bertz CT molecular complexity index is 372. The van der Waals surface area contributed by atoms with Gasteiger partial charge in [-0.1, -0.05) is 12.2 Å². The molecule has 1 atom stereocenters. The molecule has 1 rings (SSSR count). The van der Waals surface area contributed by atoms with Crippen LogP contribution in [0.4, 0.5) is 5.82 Å². The smallest absolute Gasteiger partial charge is 0.161 e. The van der Waals surface area contributed by atoms with Crippen LogP contribution in [0.15, 0.2) is 12.3 Å². The second kappa shape index (κ2) is 5.72. The molecule has 0 spiro atoms. The number of thiocarbonyl (C=S) groups is 1. The van der Waals surface area contributed by atoms with Gasteiger partial charge in [-0.05, 0) is 13.0 Å². The van der Waals surface area contributed by atoms with Crippen molar-refractivity contribution in [2.75, 3.05) is 25.7 Å². The van der Waals surface area contributed by atoms with E-state index in [-0.39, 0.29) is 6.04 Å². The summed E-state index contributed by atoms with van der Waals surface area (Å²) in [4.78, 5) is 2.27. The Balaban J connectivity index is 2.98. The minimum atomic E-state index is 0.176. The summed E-state index contributed by atoms with van der Waals surface area (Å²) in [6.45, 7) is 2.63. The zero-order valence-electron chi connectivity index (χ0n) is 9.67. The van der Waals surface area contributed by atoms with Crippen LogP contribution in [0.3, 0.4) is 0 Å². The van der Waals surface area contributed by atoms with E-state index in [1.165, 1.54) is 0 Å². The van der Waals surface area contributed by atoms with Gasteiger partial charge in [0.2, 0.25) is 0 Å². The molecular weight excluding hydrogens is 224 g/mol. The minimum Gasteiger partial charge on any atom is -0.389 e. The molecular formula is C10H16N4OS. The molecule has 0 radical (unpaired) electrons. The average Bonchev–Trinajstić information content (AvgIpc) is 2.28. The van der Waals surface area contributed by atoms with E-state index in [1.54, 1.807) is 19.4 Å². The van der Waals surface area contributed by atoms with Crippen LogP contribution in [0, 0.1) is 0 Å². The summed E-state index contributed by atoms with van der Waals surface area (Å²) in [5, 5.41) is 7.90. The number of likely N-dealkylation sites (N-methyl/N-ethyl adjacent to an activating group) is 1. The van der Waals surface area contributed by atoms with Gasteiger partial charge in [-0.15, -0.1) is 5.10 Å². The molecule has 0 aromatic carbocycles. The van der Waals surface area contributed by atoms with Crippen LogP contribution >= 0.6 is 12.2 Å². The number of hydrogen-bond donors (Lipinski definition) is 1. The van der Waals surface area contributed by atoms with E-state index in [1.807, 2.05) is 18.9 Å². The first kappa shape index (κ1) is 12.8. The van der Waals surface area contributed by atoms with Crippen molar-refractivity contribution >= 4 is 23.0 Å². The Morgan fingerprint density at radius 1 is 1.69 bits per heavy atom. The molecule has 6 heteroatoms. The van der Waals surface area contributed by atoms with E-state index in [9.17, 15) is 0 Å². The highest BCUT2D eigenvalue weighted by atomic mass is 32.1. The molecule has 2 N–H and O–H groups in total. The fourth-order valence-corrected chi connectivity index (χ4v) is 1.50. The van der Waals surface area contributed by atoms with Crippen molar-refractivity contribution in [2.45, 2.75) is 13.0 Å². The van der Waals surface area contributed by atoms with Crippen molar-refractivity contribution in [1.29, 1.82) is 0 Å². The standard InChI is InChI=1S/C10H16N4OS/c1-7(6-15-3)14(2)10-8(9(11)16)4-5-12-13-10/h4-5,7H,6H2,1-3H3,(H2,11,16). The lowest BCUT2D eigenvalue weighted by Gasteiger charge is -2.26. The molecule has 0 amide bonds. The van der Waals surface area contributed by atoms with Gasteiger partial charge in [0.1, 0.15) is 4.99 Å². The number of hydrogen-bond acceptors (Lipinski definition) is 5. The van der Waals surface area contributed by atoms with Gasteiger partial charge in [0.25, 0.3) is 0 Å². The van der Waals surface area contributed by atoms with Crippen LogP contribution in [0.25, 0.3) is 0 Å². The summed E-state index contributed by atoms with van der Waals surface area (Å²) in [5.41, 5.74) is 6.36. The predicted molar refractivity (Wildman–Crippen MR) is 67.7 cm³/mol. The lowest BCUT2D eigenvalue weighted by Crippen LogP contribution is -2.35. The maximum Gasteiger partial charge on any atom is 0.161 e. The summed E-state index contributed by atoms with van der Waals surface area (Å²) in [6, 6.07) is 1.94. The summed E-state index contributed by atoms with van der Waals surface area (Å²) < 4.78 is 5.09. The Kier molecular flexibility index (Phi) is 4.57. The number of aromatic nitrogens is 2. The number of nitrogens with zero attached hydrogens (tertiary/aromatic N) is 3. The van der Waals surface area contributed by atoms with Gasteiger partial charge in [-0.25, -0.2) is 0 Å². The first-order chi connectivity index (χ1) is 7.57. The SMILES string of the molecule is COCC(C)N(C)c1nnccc1C(N)=S. The molecule has 1 aromatic rings. The number of rotatable bonds is 5. The summed E-state index contributed by atoms with van der Waals surface area (Å²) >= 11 is 4.97. The number of methoxy groups -OCH3 is 1. The Morgan fingerprint density at radius 3 is 2.94 bits per heavy atom. The number of anilines is 1. The highest BCUT2D eigenvalue weighted by Crippen LogP contribution is 2.16. The van der Waals surface area contributed by atoms with Gasteiger partial charge >= 0.3 is 0 Å². The van der Waals surface area contributed by atoms with E-state index >= 15 is 0 Å². The largest absolute Gasteiger partial charge is 0.389 e. The van der Waals surface area contributed by atoms with Crippen LogP contribution in [0.2, 0.25) is 0 Å². The first-order valence-corrected chi connectivity index (χ1v) is 5.32. The van der Waals surface area contributed by atoms with E-state index in [0.29, 0.717) is 17.4 Å². The molecule has 0 aliphatic rings. The van der Waals surface area contributed by atoms with Gasteiger partial charge in [0.05, 0.1) is 24.4 Å². The molecule has 0 saturated heterocycles. The highest BCUT2D eigenvalue weighted by Gasteiger charge is 2.16. The van der Waals surface area contributed by atoms with E-state index < -0.39 is 0 Å². The molecule has 0 fully saturated rings. The topological polar surface area (TPSA) is 64.3 Å². The third-order valence-corrected chi connectivity index (χ3v) is 2.59. The highest BCUT2D eigenvalue weighted by molar-refractivity contribution is 7.80. The van der Waals surface area contributed by atoms with Crippen molar-refractivity contribution in [3.63, 3.8) is 0 Å². The van der Waals surface area contributed by atoms with Crippen molar-refractivity contribution in [2.24, 2.45) is 5.73 Å². The lowest BCUT2D eigenvalue weighted by molar-refractivity contribution is 0.183. The zero-order chi connectivity index (χ0) is 12.1. The van der Waals surface area contributed by atoms with Gasteiger partial charge in [0.15, 0.2) is 5.82 Å². The van der Waals surface area contributed by atoms with E-state index in [0.717, 1.165) is 5.56 Å². The second-order valence-electron chi connectivity index (χ2n) is 3.55. The quantitative estimate of drug-likeness (QED) is 0.760. The molecule has 0 bridgehead atoms. The third kappa shape index (κ3) is 2.86. The van der Waals surface area contributed by atoms with Gasteiger partial charge in [0, 0.05) is 14.2 Å². The van der Waals surface area contributed by atoms with Gasteiger partial charge in [-0.2, -0.15) is 5.10 Å². The van der Waals surface area contributed by atoms with Crippen molar-refractivity contribution < 1.29 is 4.74 Å². The fraction of sp³-hybridized carbons (Fsp3) is 0.500. The number of ether oxygens (including phenoxy) is 1.